The molecule has 0 bridgehead atoms. The molecule has 0 N–H and O–H groups in total. The van der Waals surface area contributed by atoms with Gasteiger partial charge in [-0.3, -0.25) is 4.79 Å². The first kappa shape index (κ1) is 19.2. The van der Waals surface area contributed by atoms with Crippen LogP contribution in [0.4, 0.5) is 0 Å². The summed E-state index contributed by atoms with van der Waals surface area (Å²) in [6, 6.07) is 2.00. The smallest absolute Gasteiger partial charge is 0.226 e. The average Bonchev–Trinajstić information content (AvgIpc) is 2.71. The first-order valence-electron chi connectivity index (χ1n) is 8.45. The van der Waals surface area contributed by atoms with E-state index in [2.05, 4.69) is 39.9 Å². The van der Waals surface area contributed by atoms with Gasteiger partial charge in [0.05, 0.1) is 35.2 Å². The summed E-state index contributed by atoms with van der Waals surface area (Å²) >= 11 is 6.16. The highest BCUT2D eigenvalue weighted by Crippen LogP contribution is 2.40. The van der Waals surface area contributed by atoms with Crippen LogP contribution < -0.4 is 0 Å². The summed E-state index contributed by atoms with van der Waals surface area (Å²) in [5.74, 6) is 0.103. The van der Waals surface area contributed by atoms with E-state index in [1.165, 1.54) is 0 Å². The summed E-state index contributed by atoms with van der Waals surface area (Å²) < 4.78 is 6.49. The highest BCUT2D eigenvalue weighted by atomic mass is 35.5. The van der Waals surface area contributed by atoms with E-state index in [4.69, 9.17) is 21.3 Å². The quantitative estimate of drug-likeness (QED) is 0.698. The lowest BCUT2D eigenvalue weighted by Crippen LogP contribution is -2.48. The molecule has 2 aliphatic rings. The third-order valence-corrected chi connectivity index (χ3v) is 10.4. The summed E-state index contributed by atoms with van der Waals surface area (Å²) in [4.78, 5) is 14.5. The van der Waals surface area contributed by atoms with Crippen molar-refractivity contribution >= 4 is 25.8 Å². The lowest BCUT2D eigenvalue weighted by atomic mass is 10.0. The Morgan fingerprint density at radius 2 is 2.04 bits per heavy atom. The molecule has 0 spiro atoms. The number of nitrogens with zero attached hydrogens (tertiary/aromatic N) is 2. The van der Waals surface area contributed by atoms with Crippen molar-refractivity contribution < 1.29 is 9.22 Å². The molecular formula is C18H27ClN2O2Si. The van der Waals surface area contributed by atoms with Crippen molar-refractivity contribution in [3.8, 4) is 6.07 Å². The Morgan fingerprint density at radius 3 is 2.54 bits per heavy atom. The van der Waals surface area contributed by atoms with E-state index in [1.807, 2.05) is 24.0 Å². The summed E-state index contributed by atoms with van der Waals surface area (Å²) in [5, 5.41) is 9.57. The van der Waals surface area contributed by atoms with Crippen LogP contribution in [-0.4, -0.2) is 37.3 Å². The lowest BCUT2D eigenvalue weighted by Gasteiger charge is -2.40. The van der Waals surface area contributed by atoms with Gasteiger partial charge in [-0.1, -0.05) is 38.4 Å². The van der Waals surface area contributed by atoms with Crippen LogP contribution in [0, 0.1) is 11.3 Å². The van der Waals surface area contributed by atoms with E-state index in [1.54, 1.807) is 0 Å². The highest BCUT2D eigenvalue weighted by molar-refractivity contribution is 6.74. The second-order valence-electron chi connectivity index (χ2n) is 8.21. The summed E-state index contributed by atoms with van der Waals surface area (Å²) in [5.41, 5.74) is 0.487. The van der Waals surface area contributed by atoms with E-state index in [0.717, 1.165) is 0 Å². The van der Waals surface area contributed by atoms with Crippen LogP contribution in [0.1, 0.15) is 40.5 Å². The molecule has 1 unspecified atom stereocenters. The molecule has 0 saturated carbocycles. The van der Waals surface area contributed by atoms with Gasteiger partial charge in [0.1, 0.15) is 6.07 Å². The first-order chi connectivity index (χ1) is 11.0. The number of likely N-dealkylation sites (tertiary alicyclic amines) is 1. The fourth-order valence-electron chi connectivity index (χ4n) is 2.99. The average molecular weight is 367 g/mol. The van der Waals surface area contributed by atoms with Crippen LogP contribution in [0.2, 0.25) is 18.1 Å². The molecule has 1 heterocycles. The number of hydrogen-bond acceptors (Lipinski definition) is 3. The molecule has 4 nitrogen and oxygen atoms in total. The van der Waals surface area contributed by atoms with E-state index in [9.17, 15) is 4.79 Å². The van der Waals surface area contributed by atoms with Crippen molar-refractivity contribution in [2.75, 3.05) is 0 Å². The van der Waals surface area contributed by atoms with Crippen LogP contribution in [0.3, 0.4) is 0 Å². The molecule has 0 aromatic carbocycles. The van der Waals surface area contributed by atoms with Gasteiger partial charge >= 0.3 is 0 Å². The maximum atomic E-state index is 12.6. The maximum absolute atomic E-state index is 12.6. The minimum Gasteiger partial charge on any atom is -0.411 e. The van der Waals surface area contributed by atoms with Gasteiger partial charge in [0.15, 0.2) is 8.32 Å². The van der Waals surface area contributed by atoms with E-state index >= 15 is 0 Å². The van der Waals surface area contributed by atoms with Gasteiger partial charge in [0.25, 0.3) is 0 Å². The van der Waals surface area contributed by atoms with Gasteiger partial charge in [-0.05, 0) is 37.6 Å². The third-order valence-electron chi connectivity index (χ3n) is 5.53. The molecule has 1 amide bonds. The zero-order chi connectivity index (χ0) is 18.3. The lowest BCUT2D eigenvalue weighted by molar-refractivity contribution is -0.130. The Hall–Kier alpha value is -1.09. The van der Waals surface area contributed by atoms with Crippen LogP contribution in [0.15, 0.2) is 22.8 Å². The highest BCUT2D eigenvalue weighted by Gasteiger charge is 2.46. The first-order valence-corrected chi connectivity index (χ1v) is 11.7. The maximum Gasteiger partial charge on any atom is 0.226 e. The largest absolute Gasteiger partial charge is 0.411 e. The number of carbonyl (C=O) groups excluding carboxylic acids is 1. The number of carbonyl (C=O) groups is 1. The molecule has 1 fully saturated rings. The van der Waals surface area contributed by atoms with Crippen molar-refractivity contribution in [2.24, 2.45) is 0 Å². The van der Waals surface area contributed by atoms with Crippen LogP contribution >= 0.6 is 11.6 Å². The molecular weight excluding hydrogens is 340 g/mol. The molecule has 2 rings (SSSR count). The summed E-state index contributed by atoms with van der Waals surface area (Å²) in [7, 11) is -1.93. The van der Waals surface area contributed by atoms with Gasteiger partial charge in [-0.25, -0.2) is 0 Å². The topological polar surface area (TPSA) is 53.3 Å². The van der Waals surface area contributed by atoms with Gasteiger partial charge < -0.3 is 9.33 Å². The zero-order valence-corrected chi connectivity index (χ0v) is 17.1. The standard InChI is InChI=1S/C18H27ClN2O2Si/c1-12-16(23-24(5,6)18(2,3)4)10-17(22)21(12)14-8-7-13(11-20)15(19)9-14/h7,9,12,14,16H,8,10H2,1-6H3/t12-,14?,16-/m0/s1. The molecule has 3 atom stereocenters. The van der Waals surface area contributed by atoms with E-state index < -0.39 is 8.32 Å². The molecule has 132 valence electrons. The van der Waals surface area contributed by atoms with Crippen molar-refractivity contribution in [3.05, 3.63) is 22.8 Å². The number of allylic oxidation sites excluding steroid dienone is 2. The Bertz CT molecular complexity index is 628. The number of hydrogen-bond donors (Lipinski definition) is 0. The molecule has 1 saturated heterocycles. The number of halogens is 1. The monoisotopic (exact) mass is 366 g/mol. The van der Waals surface area contributed by atoms with E-state index in [-0.39, 0.29) is 29.1 Å². The van der Waals surface area contributed by atoms with Crippen molar-refractivity contribution in [1.29, 1.82) is 5.26 Å². The Labute approximate surface area is 151 Å². The Balaban J connectivity index is 2.15. The SMILES string of the molecule is C[C@H]1[C@@H](O[Si](C)(C)C(C)(C)C)CC(=O)N1C1C=C(Cl)C(C#N)=CC1. The minimum absolute atomic E-state index is 0.00868. The molecule has 6 heteroatoms. The predicted octanol–water partition coefficient (Wildman–Crippen LogP) is 4.34. The number of nitriles is 1. The number of amides is 1. The van der Waals surface area contributed by atoms with Gasteiger partial charge in [-0.15, -0.1) is 0 Å². The fourth-order valence-corrected chi connectivity index (χ4v) is 4.65. The van der Waals surface area contributed by atoms with Crippen molar-refractivity contribution in [2.45, 2.75) is 76.9 Å². The van der Waals surface area contributed by atoms with Gasteiger partial charge in [0.2, 0.25) is 5.91 Å². The Morgan fingerprint density at radius 1 is 1.42 bits per heavy atom. The van der Waals surface area contributed by atoms with Gasteiger partial charge in [0, 0.05) is 0 Å². The second kappa shape index (κ2) is 6.66. The molecule has 0 radical (unpaired) electrons. The summed E-state index contributed by atoms with van der Waals surface area (Å²) in [6.07, 6.45) is 4.61. The summed E-state index contributed by atoms with van der Waals surface area (Å²) in [6.45, 7) is 13.1. The molecule has 0 aromatic heterocycles. The zero-order valence-electron chi connectivity index (χ0n) is 15.4. The van der Waals surface area contributed by atoms with E-state index in [0.29, 0.717) is 23.4 Å². The fraction of sp³-hybridized carbons (Fsp3) is 0.667. The normalized spacial score (nSPS) is 28.5. The Kier molecular flexibility index (Phi) is 5.34. The van der Waals surface area contributed by atoms with Crippen LogP contribution in [-0.2, 0) is 9.22 Å². The second-order valence-corrected chi connectivity index (χ2v) is 13.4. The number of rotatable bonds is 3. The van der Waals surface area contributed by atoms with Crippen molar-refractivity contribution in [1.82, 2.24) is 4.90 Å². The van der Waals surface area contributed by atoms with Gasteiger partial charge in [-0.2, -0.15) is 5.26 Å². The predicted molar refractivity (Wildman–Crippen MR) is 99.0 cm³/mol. The molecule has 0 aromatic rings. The van der Waals surface area contributed by atoms with Crippen molar-refractivity contribution in [3.63, 3.8) is 0 Å². The van der Waals surface area contributed by atoms with Crippen LogP contribution in [0.5, 0.6) is 0 Å². The molecule has 1 aliphatic heterocycles. The molecule has 1 aliphatic carbocycles. The molecule has 24 heavy (non-hydrogen) atoms. The minimum atomic E-state index is -1.93. The third kappa shape index (κ3) is 3.61. The van der Waals surface area contributed by atoms with Crippen LogP contribution in [0.25, 0.3) is 0 Å².